The molecule has 1 amide bonds. The third kappa shape index (κ3) is 4.98. The van der Waals surface area contributed by atoms with Gasteiger partial charge >= 0.3 is 5.97 Å². The van der Waals surface area contributed by atoms with Crippen LogP contribution >= 0.6 is 11.8 Å². The van der Waals surface area contributed by atoms with Crippen molar-refractivity contribution in [2.45, 2.75) is 50.2 Å². The minimum Gasteiger partial charge on any atom is -0.463 e. The molecule has 1 aromatic carbocycles. The second-order valence-electron chi connectivity index (χ2n) is 6.22. The minimum atomic E-state index is -0.310. The lowest BCUT2D eigenvalue weighted by Crippen LogP contribution is -2.56. The van der Waals surface area contributed by atoms with Crippen LogP contribution in [-0.4, -0.2) is 36.1 Å². The van der Waals surface area contributed by atoms with Gasteiger partial charge < -0.3 is 14.8 Å². The van der Waals surface area contributed by atoms with Gasteiger partial charge in [-0.05, 0) is 24.0 Å². The maximum atomic E-state index is 11.6. The first-order chi connectivity index (χ1) is 11.4. The first-order valence-corrected chi connectivity index (χ1v) is 9.04. The average Bonchev–Trinajstić information content (AvgIpc) is 2.53. The van der Waals surface area contributed by atoms with Gasteiger partial charge in [0.05, 0.1) is 12.1 Å². The summed E-state index contributed by atoms with van der Waals surface area (Å²) in [5, 5.41) is 3.03. The van der Waals surface area contributed by atoms with E-state index < -0.39 is 0 Å². The molecule has 0 aliphatic carbocycles. The Morgan fingerprint density at radius 3 is 2.42 bits per heavy atom. The van der Waals surface area contributed by atoms with Crippen molar-refractivity contribution in [3.05, 3.63) is 30.3 Å². The Hall–Kier alpha value is -1.53. The van der Waals surface area contributed by atoms with Gasteiger partial charge in [-0.3, -0.25) is 9.59 Å². The Morgan fingerprint density at radius 1 is 1.17 bits per heavy atom. The SMILES string of the molecule is CC(=O)N[C@H]1C(C)[C@H](C)C(COC(C)=O)O[C@H]1Sc1ccccc1. The van der Waals surface area contributed by atoms with Crippen molar-refractivity contribution in [1.82, 2.24) is 5.32 Å². The molecule has 0 spiro atoms. The van der Waals surface area contributed by atoms with Crippen LogP contribution in [0.25, 0.3) is 0 Å². The van der Waals surface area contributed by atoms with Gasteiger partial charge in [0.2, 0.25) is 5.91 Å². The van der Waals surface area contributed by atoms with Gasteiger partial charge in [0.15, 0.2) is 0 Å². The predicted octanol–water partition coefficient (Wildman–Crippen LogP) is 2.84. The average molecular weight is 351 g/mol. The van der Waals surface area contributed by atoms with Gasteiger partial charge in [0, 0.05) is 18.7 Å². The van der Waals surface area contributed by atoms with Crippen LogP contribution in [0.1, 0.15) is 27.7 Å². The minimum absolute atomic E-state index is 0.0697. The fraction of sp³-hybridized carbons (Fsp3) is 0.556. The van der Waals surface area contributed by atoms with E-state index in [9.17, 15) is 9.59 Å². The van der Waals surface area contributed by atoms with E-state index in [0.717, 1.165) is 4.90 Å². The molecule has 5 atom stereocenters. The van der Waals surface area contributed by atoms with Crippen LogP contribution in [0.2, 0.25) is 0 Å². The molecule has 1 N–H and O–H groups in total. The van der Waals surface area contributed by atoms with Gasteiger partial charge in [-0.25, -0.2) is 0 Å². The summed E-state index contributed by atoms with van der Waals surface area (Å²) < 4.78 is 11.4. The summed E-state index contributed by atoms with van der Waals surface area (Å²) in [4.78, 5) is 23.8. The number of rotatable bonds is 5. The summed E-state index contributed by atoms with van der Waals surface area (Å²) in [5.41, 5.74) is -0.233. The maximum Gasteiger partial charge on any atom is 0.302 e. The van der Waals surface area contributed by atoms with Crippen LogP contribution in [-0.2, 0) is 19.1 Å². The molecule has 2 rings (SSSR count). The Bertz CT molecular complexity index is 563. The molecule has 1 aliphatic rings. The largest absolute Gasteiger partial charge is 0.463 e. The van der Waals surface area contributed by atoms with Crippen LogP contribution < -0.4 is 5.32 Å². The summed E-state index contributed by atoms with van der Waals surface area (Å²) in [7, 11) is 0. The molecule has 1 aliphatic heterocycles. The molecule has 24 heavy (non-hydrogen) atoms. The van der Waals surface area contributed by atoms with Gasteiger partial charge in [-0.15, -0.1) is 0 Å². The molecule has 0 bridgehead atoms. The highest BCUT2D eigenvalue weighted by atomic mass is 32.2. The maximum absolute atomic E-state index is 11.6. The highest BCUT2D eigenvalue weighted by Crippen LogP contribution is 2.38. The predicted molar refractivity (Wildman–Crippen MR) is 93.5 cm³/mol. The van der Waals surface area contributed by atoms with E-state index in [2.05, 4.69) is 19.2 Å². The summed E-state index contributed by atoms with van der Waals surface area (Å²) in [5.74, 6) is -0.0207. The van der Waals surface area contributed by atoms with Crippen LogP contribution in [0.5, 0.6) is 0 Å². The molecule has 1 fully saturated rings. The fourth-order valence-corrected chi connectivity index (χ4v) is 4.10. The van der Waals surface area contributed by atoms with Crippen molar-refractivity contribution >= 4 is 23.6 Å². The van der Waals surface area contributed by atoms with E-state index in [1.807, 2.05) is 30.3 Å². The number of amides is 1. The number of hydrogen-bond donors (Lipinski definition) is 1. The molecule has 0 aromatic heterocycles. The van der Waals surface area contributed by atoms with E-state index in [4.69, 9.17) is 9.47 Å². The molecule has 2 unspecified atom stereocenters. The zero-order valence-electron chi connectivity index (χ0n) is 14.5. The lowest BCUT2D eigenvalue weighted by atomic mass is 9.83. The summed E-state index contributed by atoms with van der Waals surface area (Å²) in [6, 6.07) is 9.84. The smallest absolute Gasteiger partial charge is 0.302 e. The molecule has 6 heteroatoms. The number of ether oxygens (including phenoxy) is 2. The summed E-state index contributed by atoms with van der Waals surface area (Å²) >= 11 is 1.58. The van der Waals surface area contributed by atoms with E-state index in [1.165, 1.54) is 13.8 Å². The zero-order chi connectivity index (χ0) is 17.7. The second kappa shape index (κ2) is 8.53. The molecule has 5 nitrogen and oxygen atoms in total. The monoisotopic (exact) mass is 351 g/mol. The quantitative estimate of drug-likeness (QED) is 0.827. The van der Waals surface area contributed by atoms with Crippen molar-refractivity contribution in [1.29, 1.82) is 0 Å². The third-order valence-electron chi connectivity index (χ3n) is 4.40. The Balaban J connectivity index is 2.16. The number of carbonyl (C=O) groups is 2. The van der Waals surface area contributed by atoms with Crippen molar-refractivity contribution in [2.75, 3.05) is 6.61 Å². The van der Waals surface area contributed by atoms with E-state index in [1.54, 1.807) is 11.8 Å². The van der Waals surface area contributed by atoms with E-state index >= 15 is 0 Å². The zero-order valence-corrected chi connectivity index (χ0v) is 15.3. The number of esters is 1. The number of thioether (sulfide) groups is 1. The van der Waals surface area contributed by atoms with Crippen molar-refractivity contribution in [2.24, 2.45) is 11.8 Å². The molecular weight excluding hydrogens is 326 g/mol. The first kappa shape index (κ1) is 18.8. The highest BCUT2D eigenvalue weighted by Gasteiger charge is 2.42. The van der Waals surface area contributed by atoms with E-state index in [-0.39, 0.29) is 47.9 Å². The molecule has 132 valence electrons. The summed E-state index contributed by atoms with van der Waals surface area (Å²) in [6.07, 6.45) is -0.185. The molecule has 1 heterocycles. The molecular formula is C18H25NO4S. The van der Waals surface area contributed by atoms with Crippen LogP contribution in [0.4, 0.5) is 0 Å². The fourth-order valence-electron chi connectivity index (χ4n) is 2.85. The van der Waals surface area contributed by atoms with Crippen molar-refractivity contribution in [3.63, 3.8) is 0 Å². The van der Waals surface area contributed by atoms with Crippen LogP contribution in [0.3, 0.4) is 0 Å². The van der Waals surface area contributed by atoms with Crippen LogP contribution in [0.15, 0.2) is 35.2 Å². The van der Waals surface area contributed by atoms with Gasteiger partial charge in [0.1, 0.15) is 12.0 Å². The molecule has 0 saturated carbocycles. The standard InChI is InChI=1S/C18H25NO4S/c1-11-12(2)17(19-13(3)20)18(23-16(11)10-22-14(4)21)24-15-8-6-5-7-9-15/h5-9,11-12,16-18H,10H2,1-4H3,(H,19,20)/t11-,12?,16?,17-,18-/m0/s1. The number of benzene rings is 1. The first-order valence-electron chi connectivity index (χ1n) is 8.16. The number of carbonyl (C=O) groups excluding carboxylic acids is 2. The molecule has 1 aromatic rings. The topological polar surface area (TPSA) is 64.6 Å². The lowest BCUT2D eigenvalue weighted by Gasteiger charge is -2.44. The number of hydrogen-bond acceptors (Lipinski definition) is 5. The Morgan fingerprint density at radius 2 is 1.83 bits per heavy atom. The normalized spacial score (nSPS) is 29.8. The Labute approximate surface area is 147 Å². The Kier molecular flexibility index (Phi) is 6.69. The van der Waals surface area contributed by atoms with Gasteiger partial charge in [-0.2, -0.15) is 0 Å². The third-order valence-corrected chi connectivity index (χ3v) is 5.58. The second-order valence-corrected chi connectivity index (χ2v) is 7.39. The lowest BCUT2D eigenvalue weighted by molar-refractivity contribution is -0.154. The summed E-state index contributed by atoms with van der Waals surface area (Å²) in [6.45, 7) is 7.32. The van der Waals surface area contributed by atoms with Gasteiger partial charge in [-0.1, -0.05) is 43.8 Å². The number of nitrogens with one attached hydrogen (secondary N) is 1. The molecule has 0 radical (unpaired) electrons. The molecule has 1 saturated heterocycles. The van der Waals surface area contributed by atoms with Crippen LogP contribution in [0, 0.1) is 11.8 Å². The van der Waals surface area contributed by atoms with Crippen molar-refractivity contribution < 1.29 is 19.1 Å². The highest BCUT2D eigenvalue weighted by molar-refractivity contribution is 7.99. The van der Waals surface area contributed by atoms with Crippen molar-refractivity contribution in [3.8, 4) is 0 Å². The van der Waals surface area contributed by atoms with Gasteiger partial charge in [0.25, 0.3) is 0 Å². The van der Waals surface area contributed by atoms with E-state index in [0.29, 0.717) is 0 Å².